The van der Waals surface area contributed by atoms with Crippen LogP contribution >= 0.6 is 46.6 Å². The van der Waals surface area contributed by atoms with Gasteiger partial charge in [-0.15, -0.1) is 16.8 Å². The van der Waals surface area contributed by atoms with Crippen LogP contribution in [0.3, 0.4) is 0 Å². The van der Waals surface area contributed by atoms with E-state index in [1.807, 2.05) is 16.7 Å². The molecule has 1 amide bonds. The second kappa shape index (κ2) is 10.7. The van der Waals surface area contributed by atoms with Crippen LogP contribution in [0.5, 0.6) is 5.75 Å². The van der Waals surface area contributed by atoms with Crippen molar-refractivity contribution in [2.45, 2.75) is 18.3 Å². The quantitative estimate of drug-likeness (QED) is 0.311. The zero-order chi connectivity index (χ0) is 21.5. The number of para-hydroxylation sites is 1. The summed E-state index contributed by atoms with van der Waals surface area (Å²) in [4.78, 5) is 12.3. The Morgan fingerprint density at radius 1 is 1.17 bits per heavy atom. The molecule has 30 heavy (non-hydrogen) atoms. The van der Waals surface area contributed by atoms with E-state index in [1.54, 1.807) is 36.4 Å². The van der Waals surface area contributed by atoms with Gasteiger partial charge in [0.05, 0.1) is 21.5 Å². The first-order valence-corrected chi connectivity index (χ1v) is 10.9. The van der Waals surface area contributed by atoms with Crippen molar-refractivity contribution >= 4 is 58.2 Å². The number of hydrogen-bond donors (Lipinski definition) is 1. The molecule has 0 aliphatic carbocycles. The summed E-state index contributed by atoms with van der Waals surface area (Å²) in [5.41, 5.74) is 0.494. The fourth-order valence-corrected chi connectivity index (χ4v) is 3.87. The van der Waals surface area contributed by atoms with E-state index in [0.29, 0.717) is 44.0 Å². The number of carbonyl (C=O) groups is 1. The van der Waals surface area contributed by atoms with Gasteiger partial charge < -0.3 is 10.1 Å². The van der Waals surface area contributed by atoms with Gasteiger partial charge in [0.1, 0.15) is 12.4 Å². The van der Waals surface area contributed by atoms with Gasteiger partial charge in [-0.25, -0.2) is 0 Å². The molecule has 1 aromatic heterocycles. The molecule has 3 rings (SSSR count). The molecule has 0 atom stereocenters. The number of thioether (sulfide) groups is 1. The van der Waals surface area contributed by atoms with Crippen molar-refractivity contribution in [1.82, 2.24) is 14.8 Å². The predicted molar refractivity (Wildman–Crippen MR) is 122 cm³/mol. The molecule has 0 fully saturated rings. The largest absolute Gasteiger partial charge is 0.484 e. The summed E-state index contributed by atoms with van der Waals surface area (Å²) in [7, 11) is 0. The Labute approximate surface area is 193 Å². The maximum atomic E-state index is 12.3. The highest BCUT2D eigenvalue weighted by Gasteiger charge is 2.15. The monoisotopic (exact) mass is 482 g/mol. The minimum Gasteiger partial charge on any atom is -0.484 e. The fourth-order valence-electron chi connectivity index (χ4n) is 2.46. The third-order valence-corrected chi connectivity index (χ3v) is 5.66. The molecule has 0 saturated carbocycles. The van der Waals surface area contributed by atoms with Crippen molar-refractivity contribution in [3.8, 4) is 5.75 Å². The van der Waals surface area contributed by atoms with Crippen molar-refractivity contribution in [3.05, 3.63) is 76.0 Å². The molecular weight excluding hydrogens is 467 g/mol. The molecule has 3 aromatic rings. The molecule has 0 aliphatic heterocycles. The van der Waals surface area contributed by atoms with Crippen LogP contribution in [0.15, 0.2) is 60.3 Å². The van der Waals surface area contributed by atoms with Gasteiger partial charge in [-0.2, -0.15) is 0 Å². The number of rotatable bonds is 9. The molecular formula is C20H17Cl3N4O2S. The summed E-state index contributed by atoms with van der Waals surface area (Å²) in [5, 5.41) is 13.0. The minimum absolute atomic E-state index is 0.125. The number of allylic oxidation sites excluding steroid dienone is 1. The third kappa shape index (κ3) is 5.92. The topological polar surface area (TPSA) is 69.0 Å². The standard InChI is InChI=1S/C20H17Cl3N4O2S/c1-2-9-27-18(11-29-17-6-4-3-5-14(17)22)25-26-20(27)30-12-19(28)24-16-8-7-13(21)10-15(16)23/h2-8,10H,1,9,11-12H2,(H,24,28). The SMILES string of the molecule is C=CCn1c(COc2ccccc2Cl)nnc1SCC(=O)Nc1ccc(Cl)cc1Cl. The van der Waals surface area contributed by atoms with E-state index in [9.17, 15) is 4.79 Å². The van der Waals surface area contributed by atoms with Gasteiger partial charge in [-0.3, -0.25) is 9.36 Å². The van der Waals surface area contributed by atoms with Gasteiger partial charge in [0.2, 0.25) is 5.91 Å². The Balaban J connectivity index is 1.63. The average molecular weight is 484 g/mol. The first kappa shape index (κ1) is 22.5. The fraction of sp³-hybridized carbons (Fsp3) is 0.150. The van der Waals surface area contributed by atoms with Crippen LogP contribution in [0.25, 0.3) is 0 Å². The van der Waals surface area contributed by atoms with Gasteiger partial charge in [0, 0.05) is 11.6 Å². The summed E-state index contributed by atoms with van der Waals surface area (Å²) in [6.45, 7) is 4.42. The summed E-state index contributed by atoms with van der Waals surface area (Å²) in [5.74, 6) is 1.05. The highest BCUT2D eigenvalue weighted by molar-refractivity contribution is 7.99. The Hall–Kier alpha value is -2.19. The number of ether oxygens (including phenoxy) is 1. The molecule has 0 radical (unpaired) electrons. The second-order valence-electron chi connectivity index (χ2n) is 5.98. The second-order valence-corrected chi connectivity index (χ2v) is 8.17. The smallest absolute Gasteiger partial charge is 0.234 e. The lowest BCUT2D eigenvalue weighted by atomic mass is 10.3. The molecule has 0 saturated heterocycles. The zero-order valence-corrected chi connectivity index (χ0v) is 18.7. The number of anilines is 1. The first-order valence-electron chi connectivity index (χ1n) is 8.76. The Kier molecular flexibility index (Phi) is 8.04. The number of halogens is 3. The number of aromatic nitrogens is 3. The van der Waals surface area contributed by atoms with E-state index in [1.165, 1.54) is 11.8 Å². The van der Waals surface area contributed by atoms with Crippen LogP contribution in [0.1, 0.15) is 5.82 Å². The summed E-state index contributed by atoms with van der Waals surface area (Å²) >= 11 is 19.3. The van der Waals surface area contributed by atoms with Crippen molar-refractivity contribution in [2.24, 2.45) is 0 Å². The van der Waals surface area contributed by atoms with Crippen LogP contribution in [0, 0.1) is 0 Å². The van der Waals surface area contributed by atoms with Crippen molar-refractivity contribution < 1.29 is 9.53 Å². The number of nitrogens with zero attached hydrogens (tertiary/aromatic N) is 3. The van der Waals surface area contributed by atoms with Crippen molar-refractivity contribution in [1.29, 1.82) is 0 Å². The molecule has 10 heteroatoms. The predicted octanol–water partition coefficient (Wildman–Crippen LogP) is 5.73. The lowest BCUT2D eigenvalue weighted by Crippen LogP contribution is -2.15. The third-order valence-electron chi connectivity index (χ3n) is 3.84. The molecule has 1 N–H and O–H groups in total. The van der Waals surface area contributed by atoms with Gasteiger partial charge in [-0.1, -0.05) is 64.8 Å². The van der Waals surface area contributed by atoms with Crippen LogP contribution in [0.4, 0.5) is 5.69 Å². The number of benzene rings is 2. The van der Waals surface area contributed by atoms with Gasteiger partial charge in [-0.05, 0) is 30.3 Å². The molecule has 0 bridgehead atoms. The summed E-state index contributed by atoms with van der Waals surface area (Å²) < 4.78 is 7.58. The van der Waals surface area contributed by atoms with E-state index in [0.717, 1.165) is 0 Å². The van der Waals surface area contributed by atoms with Gasteiger partial charge in [0.15, 0.2) is 11.0 Å². The average Bonchev–Trinajstić information content (AvgIpc) is 3.10. The first-order chi connectivity index (χ1) is 14.5. The van der Waals surface area contributed by atoms with E-state index >= 15 is 0 Å². The zero-order valence-electron chi connectivity index (χ0n) is 15.6. The van der Waals surface area contributed by atoms with Crippen LogP contribution in [-0.2, 0) is 17.9 Å². The highest BCUT2D eigenvalue weighted by Crippen LogP contribution is 2.27. The summed E-state index contributed by atoms with van der Waals surface area (Å²) in [6.07, 6.45) is 1.72. The minimum atomic E-state index is -0.230. The molecule has 2 aromatic carbocycles. The normalized spacial score (nSPS) is 10.6. The molecule has 1 heterocycles. The maximum Gasteiger partial charge on any atom is 0.234 e. The Bertz CT molecular complexity index is 1060. The number of hydrogen-bond acceptors (Lipinski definition) is 5. The summed E-state index contributed by atoms with van der Waals surface area (Å²) in [6, 6.07) is 12.1. The molecule has 0 unspecified atom stereocenters. The van der Waals surface area contributed by atoms with Crippen LogP contribution < -0.4 is 10.1 Å². The van der Waals surface area contributed by atoms with E-state index in [-0.39, 0.29) is 18.3 Å². The molecule has 6 nitrogen and oxygen atoms in total. The van der Waals surface area contributed by atoms with E-state index in [2.05, 4.69) is 22.1 Å². The maximum absolute atomic E-state index is 12.3. The lowest BCUT2D eigenvalue weighted by molar-refractivity contribution is -0.113. The molecule has 0 spiro atoms. The number of nitrogens with one attached hydrogen (secondary N) is 1. The Morgan fingerprint density at radius 3 is 2.70 bits per heavy atom. The number of carbonyl (C=O) groups excluding carboxylic acids is 1. The molecule has 156 valence electrons. The van der Waals surface area contributed by atoms with Crippen molar-refractivity contribution in [3.63, 3.8) is 0 Å². The van der Waals surface area contributed by atoms with E-state index in [4.69, 9.17) is 39.5 Å². The van der Waals surface area contributed by atoms with Crippen LogP contribution in [0.2, 0.25) is 15.1 Å². The van der Waals surface area contributed by atoms with Gasteiger partial charge in [0.25, 0.3) is 0 Å². The van der Waals surface area contributed by atoms with E-state index < -0.39 is 0 Å². The Morgan fingerprint density at radius 2 is 1.97 bits per heavy atom. The highest BCUT2D eigenvalue weighted by atomic mass is 35.5. The number of amides is 1. The van der Waals surface area contributed by atoms with Crippen molar-refractivity contribution in [2.75, 3.05) is 11.1 Å². The van der Waals surface area contributed by atoms with Crippen LogP contribution in [-0.4, -0.2) is 26.4 Å². The van der Waals surface area contributed by atoms with Gasteiger partial charge >= 0.3 is 0 Å². The lowest BCUT2D eigenvalue weighted by Gasteiger charge is -2.10. The molecule has 0 aliphatic rings.